The molecule has 0 aromatic heterocycles. The topological polar surface area (TPSA) is 132 Å². The van der Waals surface area contributed by atoms with Crippen LogP contribution in [0, 0.1) is 11.8 Å². The lowest BCUT2D eigenvalue weighted by Gasteiger charge is -2.21. The predicted molar refractivity (Wildman–Crippen MR) is 90.4 cm³/mol. The van der Waals surface area contributed by atoms with Crippen LogP contribution in [0.3, 0.4) is 0 Å². The number of fused-ring (bicyclic) bond motifs is 1. The van der Waals surface area contributed by atoms with Gasteiger partial charge in [-0.25, -0.2) is 4.79 Å². The second-order valence-corrected chi connectivity index (χ2v) is 7.10. The van der Waals surface area contributed by atoms with Gasteiger partial charge in [-0.1, -0.05) is 0 Å². The maximum Gasteiger partial charge on any atom is 0.408 e. The average molecular weight is 383 g/mol. The van der Waals surface area contributed by atoms with E-state index in [1.165, 1.54) is 6.92 Å². The zero-order chi connectivity index (χ0) is 19.4. The van der Waals surface area contributed by atoms with Crippen molar-refractivity contribution in [1.29, 1.82) is 0 Å². The number of amides is 3. The summed E-state index contributed by atoms with van der Waals surface area (Å²) in [5.74, 6) is -0.916. The maximum atomic E-state index is 12.2. The Kier molecular flexibility index (Phi) is 6.27. The molecule has 0 saturated carbocycles. The van der Waals surface area contributed by atoms with Gasteiger partial charge in [-0.05, 0) is 26.2 Å². The van der Waals surface area contributed by atoms with E-state index >= 15 is 0 Å². The molecule has 0 spiro atoms. The predicted octanol–water partition coefficient (Wildman–Crippen LogP) is -0.928. The van der Waals surface area contributed by atoms with Crippen molar-refractivity contribution in [2.45, 2.75) is 50.7 Å². The van der Waals surface area contributed by atoms with Gasteiger partial charge >= 0.3 is 6.09 Å². The summed E-state index contributed by atoms with van der Waals surface area (Å²) >= 11 is 0. The van der Waals surface area contributed by atoms with Crippen LogP contribution in [0.15, 0.2) is 0 Å². The van der Waals surface area contributed by atoms with Gasteiger partial charge in [0.15, 0.2) is 6.29 Å². The fourth-order valence-electron chi connectivity index (χ4n) is 3.59. The number of alkyl carbamates (subject to hydrolysis) is 1. The molecular formula is C17H25N3O7. The van der Waals surface area contributed by atoms with Crippen molar-refractivity contribution >= 4 is 24.2 Å². The molecule has 3 N–H and O–H groups in total. The first kappa shape index (κ1) is 19.6. The molecule has 3 fully saturated rings. The van der Waals surface area contributed by atoms with Crippen LogP contribution in [0.1, 0.15) is 26.2 Å². The van der Waals surface area contributed by atoms with Crippen LogP contribution in [0.4, 0.5) is 4.79 Å². The molecule has 0 aromatic rings. The van der Waals surface area contributed by atoms with Crippen molar-refractivity contribution in [3.8, 4) is 0 Å². The molecule has 3 heterocycles. The number of carbonyl (C=O) groups is 4. The summed E-state index contributed by atoms with van der Waals surface area (Å²) in [5, 5.41) is 7.69. The fraction of sp³-hybridized carbons (Fsp3) is 0.765. The highest BCUT2D eigenvalue weighted by Gasteiger charge is 2.44. The van der Waals surface area contributed by atoms with Gasteiger partial charge in [0.2, 0.25) is 11.8 Å². The standard InChI is InChI=1S/C17H25N3O7/c1-9(14(22)20-11(7-21)6-10-2-4-18-15(10)23)19-17(24)27-13-8-26-16-12(13)3-5-25-16/h7,9-13,16H,2-6,8H2,1H3,(H,18,23)(H,19,24)(H,20,22)/t9-,10-,11-,12+,13+,16-/m0/s1. The molecule has 0 radical (unpaired) electrons. The van der Waals surface area contributed by atoms with E-state index in [0.717, 1.165) is 6.42 Å². The summed E-state index contributed by atoms with van der Waals surface area (Å²) in [4.78, 5) is 47.1. The Bertz CT molecular complexity index is 599. The number of carbonyl (C=O) groups excluding carboxylic acids is 4. The largest absolute Gasteiger partial charge is 0.443 e. The zero-order valence-corrected chi connectivity index (χ0v) is 15.1. The molecule has 3 saturated heterocycles. The Balaban J connectivity index is 1.42. The van der Waals surface area contributed by atoms with Gasteiger partial charge in [-0.3, -0.25) is 9.59 Å². The molecule has 0 bridgehead atoms. The Morgan fingerprint density at radius 3 is 2.85 bits per heavy atom. The lowest BCUT2D eigenvalue weighted by molar-refractivity contribution is -0.127. The SMILES string of the molecule is C[C@H](NC(=O)O[C@@H]1CO[C@@H]2OCC[C@@H]21)C(=O)N[C@H](C=O)C[C@@H]1CCNC1=O. The monoisotopic (exact) mass is 383 g/mol. The van der Waals surface area contributed by atoms with Crippen molar-refractivity contribution in [3.05, 3.63) is 0 Å². The lowest BCUT2D eigenvalue weighted by Crippen LogP contribution is -2.50. The number of hydrogen-bond donors (Lipinski definition) is 3. The molecule has 0 unspecified atom stereocenters. The van der Waals surface area contributed by atoms with E-state index in [4.69, 9.17) is 14.2 Å². The maximum absolute atomic E-state index is 12.2. The van der Waals surface area contributed by atoms with Crippen LogP contribution in [0.5, 0.6) is 0 Å². The molecule has 3 amide bonds. The van der Waals surface area contributed by atoms with E-state index in [1.54, 1.807) is 0 Å². The Hall–Kier alpha value is -2.20. The molecule has 10 nitrogen and oxygen atoms in total. The van der Waals surface area contributed by atoms with E-state index in [0.29, 0.717) is 25.9 Å². The third-order valence-corrected chi connectivity index (χ3v) is 5.16. The van der Waals surface area contributed by atoms with Crippen molar-refractivity contribution in [2.75, 3.05) is 19.8 Å². The molecule has 10 heteroatoms. The average Bonchev–Trinajstić information content (AvgIpc) is 3.34. The van der Waals surface area contributed by atoms with Gasteiger partial charge in [0, 0.05) is 12.5 Å². The minimum atomic E-state index is -0.893. The Morgan fingerprint density at radius 2 is 2.15 bits per heavy atom. The minimum absolute atomic E-state index is 0.0110. The molecule has 3 rings (SSSR count). The summed E-state index contributed by atoms with van der Waals surface area (Å²) in [7, 11) is 0. The number of hydrogen-bond acceptors (Lipinski definition) is 7. The normalized spacial score (nSPS) is 31.5. The van der Waals surface area contributed by atoms with E-state index in [-0.39, 0.29) is 37.1 Å². The van der Waals surface area contributed by atoms with Gasteiger partial charge < -0.3 is 35.0 Å². The lowest BCUT2D eigenvalue weighted by atomic mass is 9.99. The van der Waals surface area contributed by atoms with Crippen LogP contribution in [-0.2, 0) is 28.6 Å². The second-order valence-electron chi connectivity index (χ2n) is 7.10. The van der Waals surface area contributed by atoms with E-state index in [9.17, 15) is 19.2 Å². The second kappa shape index (κ2) is 8.66. The van der Waals surface area contributed by atoms with Gasteiger partial charge in [-0.15, -0.1) is 0 Å². The first-order chi connectivity index (χ1) is 13.0. The first-order valence-corrected chi connectivity index (χ1v) is 9.21. The van der Waals surface area contributed by atoms with Gasteiger partial charge in [0.25, 0.3) is 0 Å². The third kappa shape index (κ3) is 4.75. The van der Waals surface area contributed by atoms with Crippen LogP contribution in [-0.4, -0.2) is 68.4 Å². The summed E-state index contributed by atoms with van der Waals surface area (Å²) in [6, 6.07) is -1.68. The fourth-order valence-corrected chi connectivity index (χ4v) is 3.59. The highest BCUT2D eigenvalue weighted by Crippen LogP contribution is 2.32. The highest BCUT2D eigenvalue weighted by molar-refractivity contribution is 5.87. The summed E-state index contributed by atoms with van der Waals surface area (Å²) in [6.45, 7) is 2.90. The van der Waals surface area contributed by atoms with Gasteiger partial charge in [0.05, 0.1) is 25.2 Å². The Labute approximate surface area is 156 Å². The van der Waals surface area contributed by atoms with Crippen LogP contribution < -0.4 is 16.0 Å². The van der Waals surface area contributed by atoms with Crippen LogP contribution in [0.25, 0.3) is 0 Å². The zero-order valence-electron chi connectivity index (χ0n) is 15.1. The van der Waals surface area contributed by atoms with Crippen molar-refractivity contribution in [2.24, 2.45) is 11.8 Å². The summed E-state index contributed by atoms with van der Waals surface area (Å²) < 4.78 is 16.1. The summed E-state index contributed by atoms with van der Waals surface area (Å²) in [6.07, 6.45) is 0.770. The van der Waals surface area contributed by atoms with E-state index < -0.39 is 30.2 Å². The van der Waals surface area contributed by atoms with Crippen LogP contribution in [0.2, 0.25) is 0 Å². The molecule has 0 aliphatic carbocycles. The number of rotatable bonds is 7. The number of ether oxygens (including phenoxy) is 3. The number of nitrogens with one attached hydrogen (secondary N) is 3. The van der Waals surface area contributed by atoms with E-state index in [1.807, 2.05) is 0 Å². The molecule has 150 valence electrons. The molecular weight excluding hydrogens is 358 g/mol. The number of aldehydes is 1. The molecule has 3 aliphatic rings. The quantitative estimate of drug-likeness (QED) is 0.484. The van der Waals surface area contributed by atoms with Gasteiger partial charge in [0.1, 0.15) is 18.4 Å². The first-order valence-electron chi connectivity index (χ1n) is 9.21. The Morgan fingerprint density at radius 1 is 1.33 bits per heavy atom. The molecule has 6 atom stereocenters. The molecule has 0 aromatic carbocycles. The van der Waals surface area contributed by atoms with Crippen LogP contribution >= 0.6 is 0 Å². The minimum Gasteiger partial charge on any atom is -0.443 e. The highest BCUT2D eigenvalue weighted by atomic mass is 16.7. The third-order valence-electron chi connectivity index (χ3n) is 5.16. The van der Waals surface area contributed by atoms with Gasteiger partial charge in [-0.2, -0.15) is 0 Å². The smallest absolute Gasteiger partial charge is 0.408 e. The van der Waals surface area contributed by atoms with Crippen molar-refractivity contribution in [1.82, 2.24) is 16.0 Å². The van der Waals surface area contributed by atoms with E-state index in [2.05, 4.69) is 16.0 Å². The molecule has 3 aliphatic heterocycles. The molecule has 27 heavy (non-hydrogen) atoms. The summed E-state index contributed by atoms with van der Waals surface area (Å²) in [5.41, 5.74) is 0. The van der Waals surface area contributed by atoms with Crippen molar-refractivity contribution < 1.29 is 33.4 Å². The van der Waals surface area contributed by atoms with Crippen molar-refractivity contribution in [3.63, 3.8) is 0 Å².